The number of esters is 1. The van der Waals surface area contributed by atoms with Gasteiger partial charge in [-0.1, -0.05) is 44.2 Å². The lowest BCUT2D eigenvalue weighted by Gasteiger charge is -2.17. The van der Waals surface area contributed by atoms with E-state index in [0.717, 1.165) is 6.42 Å². The molecule has 0 saturated heterocycles. The number of ether oxygens (including phenoxy) is 1. The van der Waals surface area contributed by atoms with Gasteiger partial charge >= 0.3 is 5.97 Å². The van der Waals surface area contributed by atoms with Crippen LogP contribution >= 0.6 is 0 Å². The summed E-state index contributed by atoms with van der Waals surface area (Å²) in [5.74, 6) is 0.133. The van der Waals surface area contributed by atoms with Crippen molar-refractivity contribution in [1.82, 2.24) is 0 Å². The van der Waals surface area contributed by atoms with Gasteiger partial charge < -0.3 is 4.74 Å². The Morgan fingerprint density at radius 3 is 2.40 bits per heavy atom. The van der Waals surface area contributed by atoms with Crippen molar-refractivity contribution >= 4 is 5.97 Å². The van der Waals surface area contributed by atoms with Gasteiger partial charge in [-0.3, -0.25) is 4.79 Å². The van der Waals surface area contributed by atoms with Gasteiger partial charge in [-0.05, 0) is 17.9 Å². The average molecular weight is 206 g/mol. The summed E-state index contributed by atoms with van der Waals surface area (Å²) in [4.78, 5) is 11.3. The molecule has 82 valence electrons. The summed E-state index contributed by atoms with van der Waals surface area (Å²) in [6.07, 6.45) is 0.914. The maximum atomic E-state index is 11.3. The standard InChI is InChI=1S/C13H18O2/c1-10(11(2)13(14)15-3)9-12-7-5-4-6-8-12/h4-8,10-11H,9H2,1-3H3/t10-,11+/m0/s1. The van der Waals surface area contributed by atoms with Gasteiger partial charge in [-0.2, -0.15) is 0 Å². The van der Waals surface area contributed by atoms with Gasteiger partial charge in [0.1, 0.15) is 0 Å². The van der Waals surface area contributed by atoms with Crippen molar-refractivity contribution in [2.75, 3.05) is 7.11 Å². The molecule has 0 aliphatic rings. The average Bonchev–Trinajstić information content (AvgIpc) is 2.28. The van der Waals surface area contributed by atoms with Crippen molar-refractivity contribution < 1.29 is 9.53 Å². The predicted molar refractivity (Wildman–Crippen MR) is 60.5 cm³/mol. The van der Waals surface area contributed by atoms with E-state index in [-0.39, 0.29) is 11.9 Å². The molecule has 0 aliphatic carbocycles. The highest BCUT2D eigenvalue weighted by Gasteiger charge is 2.20. The Kier molecular flexibility index (Phi) is 4.35. The molecule has 1 rings (SSSR count). The van der Waals surface area contributed by atoms with Crippen LogP contribution in [0.25, 0.3) is 0 Å². The van der Waals surface area contributed by atoms with Crippen molar-refractivity contribution in [2.24, 2.45) is 11.8 Å². The minimum absolute atomic E-state index is 0.0461. The fourth-order valence-corrected chi connectivity index (χ4v) is 1.58. The van der Waals surface area contributed by atoms with Gasteiger partial charge in [-0.15, -0.1) is 0 Å². The highest BCUT2D eigenvalue weighted by atomic mass is 16.5. The van der Waals surface area contributed by atoms with Gasteiger partial charge in [-0.25, -0.2) is 0 Å². The Bertz CT molecular complexity index is 306. The first-order valence-electron chi connectivity index (χ1n) is 5.27. The van der Waals surface area contributed by atoms with Crippen molar-refractivity contribution in [3.8, 4) is 0 Å². The monoisotopic (exact) mass is 206 g/mol. The number of hydrogen-bond acceptors (Lipinski definition) is 2. The van der Waals surface area contributed by atoms with Gasteiger partial charge in [0, 0.05) is 0 Å². The first-order chi connectivity index (χ1) is 7.15. The van der Waals surface area contributed by atoms with Crippen LogP contribution in [0.4, 0.5) is 0 Å². The largest absolute Gasteiger partial charge is 0.469 e. The second kappa shape index (κ2) is 5.54. The normalized spacial score (nSPS) is 14.3. The number of rotatable bonds is 4. The molecule has 0 aliphatic heterocycles. The molecule has 2 nitrogen and oxygen atoms in total. The molecule has 0 saturated carbocycles. The van der Waals surface area contributed by atoms with Crippen molar-refractivity contribution in [2.45, 2.75) is 20.3 Å². The van der Waals surface area contributed by atoms with Crippen LogP contribution in [0.3, 0.4) is 0 Å². The summed E-state index contributed by atoms with van der Waals surface area (Å²) in [6.45, 7) is 3.99. The number of benzene rings is 1. The third kappa shape index (κ3) is 3.39. The molecule has 0 radical (unpaired) electrons. The second-order valence-corrected chi connectivity index (χ2v) is 3.98. The molecule has 1 aromatic carbocycles. The minimum Gasteiger partial charge on any atom is -0.469 e. The summed E-state index contributed by atoms with van der Waals surface area (Å²) in [7, 11) is 1.44. The Balaban J connectivity index is 2.56. The summed E-state index contributed by atoms with van der Waals surface area (Å²) in [5, 5.41) is 0. The molecule has 0 spiro atoms. The third-order valence-corrected chi connectivity index (χ3v) is 2.83. The minimum atomic E-state index is -0.126. The first-order valence-corrected chi connectivity index (χ1v) is 5.27. The molecule has 0 unspecified atom stereocenters. The Hall–Kier alpha value is -1.31. The van der Waals surface area contributed by atoms with Gasteiger partial charge in [0.15, 0.2) is 0 Å². The molecule has 0 bridgehead atoms. The molecule has 2 atom stereocenters. The van der Waals surface area contributed by atoms with Gasteiger partial charge in [0.25, 0.3) is 0 Å². The van der Waals surface area contributed by atoms with Crippen molar-refractivity contribution in [3.63, 3.8) is 0 Å². The predicted octanol–water partition coefficient (Wildman–Crippen LogP) is 2.67. The smallest absolute Gasteiger partial charge is 0.308 e. The van der Waals surface area contributed by atoms with Gasteiger partial charge in [0.2, 0.25) is 0 Å². The lowest BCUT2D eigenvalue weighted by Crippen LogP contribution is -2.21. The SMILES string of the molecule is COC(=O)[C@H](C)[C@@H](C)Cc1ccccc1. The number of methoxy groups -OCH3 is 1. The summed E-state index contributed by atoms with van der Waals surface area (Å²) in [6, 6.07) is 10.2. The van der Waals surface area contributed by atoms with Crippen LogP contribution in [0.2, 0.25) is 0 Å². The van der Waals surface area contributed by atoms with Crippen LogP contribution in [0.1, 0.15) is 19.4 Å². The maximum absolute atomic E-state index is 11.3. The molecule has 15 heavy (non-hydrogen) atoms. The summed E-state index contributed by atoms with van der Waals surface area (Å²) < 4.78 is 4.73. The van der Waals surface area contributed by atoms with E-state index < -0.39 is 0 Å². The number of carbonyl (C=O) groups excluding carboxylic acids is 1. The van der Waals surface area contributed by atoms with E-state index >= 15 is 0 Å². The zero-order valence-corrected chi connectivity index (χ0v) is 9.57. The fraction of sp³-hybridized carbons (Fsp3) is 0.462. The second-order valence-electron chi connectivity index (χ2n) is 3.98. The fourth-order valence-electron chi connectivity index (χ4n) is 1.58. The van der Waals surface area contributed by atoms with E-state index in [0.29, 0.717) is 5.92 Å². The molecule has 0 amide bonds. The zero-order chi connectivity index (χ0) is 11.3. The number of hydrogen-bond donors (Lipinski definition) is 0. The van der Waals surface area contributed by atoms with E-state index in [1.165, 1.54) is 12.7 Å². The highest BCUT2D eigenvalue weighted by molar-refractivity contribution is 5.72. The molecule has 0 N–H and O–H groups in total. The van der Waals surface area contributed by atoms with Crippen LogP contribution in [0.5, 0.6) is 0 Å². The van der Waals surface area contributed by atoms with E-state index in [9.17, 15) is 4.79 Å². The maximum Gasteiger partial charge on any atom is 0.308 e. The van der Waals surface area contributed by atoms with Crippen LogP contribution in [-0.2, 0) is 16.0 Å². The molecular formula is C13H18O2. The molecule has 0 aromatic heterocycles. The van der Waals surface area contributed by atoms with Crippen LogP contribution < -0.4 is 0 Å². The lowest BCUT2D eigenvalue weighted by atomic mass is 9.90. The molecule has 2 heteroatoms. The third-order valence-electron chi connectivity index (χ3n) is 2.83. The Morgan fingerprint density at radius 2 is 1.87 bits per heavy atom. The number of carbonyl (C=O) groups is 1. The van der Waals surface area contributed by atoms with Crippen molar-refractivity contribution in [1.29, 1.82) is 0 Å². The molecule has 0 heterocycles. The Morgan fingerprint density at radius 1 is 1.27 bits per heavy atom. The van der Waals surface area contributed by atoms with Crippen LogP contribution in [0, 0.1) is 11.8 Å². The highest BCUT2D eigenvalue weighted by Crippen LogP contribution is 2.17. The summed E-state index contributed by atoms with van der Waals surface area (Å²) >= 11 is 0. The zero-order valence-electron chi connectivity index (χ0n) is 9.57. The van der Waals surface area contributed by atoms with E-state index in [2.05, 4.69) is 19.1 Å². The first kappa shape index (κ1) is 11.8. The quantitative estimate of drug-likeness (QED) is 0.708. The lowest BCUT2D eigenvalue weighted by molar-refractivity contribution is -0.146. The van der Waals surface area contributed by atoms with Crippen molar-refractivity contribution in [3.05, 3.63) is 35.9 Å². The van der Waals surface area contributed by atoms with Crippen LogP contribution in [0.15, 0.2) is 30.3 Å². The topological polar surface area (TPSA) is 26.3 Å². The van der Waals surface area contributed by atoms with Gasteiger partial charge in [0.05, 0.1) is 13.0 Å². The summed E-state index contributed by atoms with van der Waals surface area (Å²) in [5.41, 5.74) is 1.26. The Labute approximate surface area is 91.3 Å². The van der Waals surface area contributed by atoms with E-state index in [4.69, 9.17) is 4.74 Å². The molecule has 1 aromatic rings. The van der Waals surface area contributed by atoms with E-state index in [1.807, 2.05) is 25.1 Å². The van der Waals surface area contributed by atoms with Crippen LogP contribution in [-0.4, -0.2) is 13.1 Å². The van der Waals surface area contributed by atoms with E-state index in [1.54, 1.807) is 0 Å². The molecule has 0 fully saturated rings. The molecular weight excluding hydrogens is 188 g/mol.